The van der Waals surface area contributed by atoms with Gasteiger partial charge in [0.15, 0.2) is 0 Å². The second-order valence-corrected chi connectivity index (χ2v) is 10.1. The standard InChI is InChI=1S/C21H23N3O2S3/c1-24(10-13-6-8-14(27-2)9-7-13)18(25)12-28-11-17-22-20(26)19-15-4-3-5-16(15)29-21(19)23-17/h6-9H,3-5,10-12H2,1-2H3,(H,22,23,26). The van der Waals surface area contributed by atoms with Gasteiger partial charge in [-0.1, -0.05) is 12.1 Å². The van der Waals surface area contributed by atoms with Gasteiger partial charge in [-0.3, -0.25) is 9.59 Å². The van der Waals surface area contributed by atoms with Crippen LogP contribution in [0.5, 0.6) is 0 Å². The SMILES string of the molecule is CSc1ccc(CN(C)C(=O)CSCc2nc3sc4c(c3c(=O)[nH]2)CCC4)cc1. The summed E-state index contributed by atoms with van der Waals surface area (Å²) in [7, 11) is 1.82. The summed E-state index contributed by atoms with van der Waals surface area (Å²) in [6.07, 6.45) is 5.22. The number of H-pyrrole nitrogens is 1. The highest BCUT2D eigenvalue weighted by atomic mass is 32.2. The molecule has 29 heavy (non-hydrogen) atoms. The fourth-order valence-electron chi connectivity index (χ4n) is 3.55. The third-order valence-electron chi connectivity index (χ3n) is 5.09. The molecule has 0 fully saturated rings. The van der Waals surface area contributed by atoms with E-state index in [1.165, 1.54) is 27.1 Å². The van der Waals surface area contributed by atoms with Crippen LogP contribution in [0.3, 0.4) is 0 Å². The molecule has 1 aliphatic carbocycles. The molecule has 0 atom stereocenters. The Labute approximate surface area is 182 Å². The number of nitrogens with one attached hydrogen (secondary N) is 1. The molecule has 0 radical (unpaired) electrons. The Morgan fingerprint density at radius 2 is 2.07 bits per heavy atom. The van der Waals surface area contributed by atoms with E-state index in [0.717, 1.165) is 35.0 Å². The first-order chi connectivity index (χ1) is 14.0. The van der Waals surface area contributed by atoms with Crippen molar-refractivity contribution in [1.82, 2.24) is 14.9 Å². The van der Waals surface area contributed by atoms with Crippen molar-refractivity contribution >= 4 is 51.0 Å². The Morgan fingerprint density at radius 1 is 1.28 bits per heavy atom. The zero-order valence-corrected chi connectivity index (χ0v) is 18.9. The number of benzene rings is 1. The summed E-state index contributed by atoms with van der Waals surface area (Å²) < 4.78 is 0. The van der Waals surface area contributed by atoms with Gasteiger partial charge in [0.05, 0.1) is 16.9 Å². The lowest BCUT2D eigenvalue weighted by molar-refractivity contribution is -0.127. The number of aryl methyl sites for hydroxylation is 2. The molecule has 8 heteroatoms. The lowest BCUT2D eigenvalue weighted by Crippen LogP contribution is -2.27. The Kier molecular flexibility index (Phi) is 6.32. The van der Waals surface area contributed by atoms with Crippen LogP contribution in [0.2, 0.25) is 0 Å². The molecule has 0 saturated carbocycles. The van der Waals surface area contributed by atoms with Crippen LogP contribution in [0.4, 0.5) is 0 Å². The van der Waals surface area contributed by atoms with E-state index < -0.39 is 0 Å². The fourth-order valence-corrected chi connectivity index (χ4v) is 6.07. The first kappa shape index (κ1) is 20.5. The van der Waals surface area contributed by atoms with Crippen molar-refractivity contribution < 1.29 is 4.79 Å². The van der Waals surface area contributed by atoms with E-state index in [4.69, 9.17) is 0 Å². The van der Waals surface area contributed by atoms with Crippen molar-refractivity contribution in [2.75, 3.05) is 19.1 Å². The van der Waals surface area contributed by atoms with Gasteiger partial charge in [0.25, 0.3) is 5.56 Å². The number of thiophene rings is 1. The Hall–Kier alpha value is -1.77. The Bertz CT molecular complexity index is 1090. The molecule has 1 aliphatic rings. The van der Waals surface area contributed by atoms with E-state index in [1.54, 1.807) is 28.0 Å². The molecule has 0 unspecified atom stereocenters. The molecule has 0 saturated heterocycles. The molecule has 1 amide bonds. The minimum Gasteiger partial charge on any atom is -0.341 e. The average Bonchev–Trinajstić information content (AvgIpc) is 3.29. The van der Waals surface area contributed by atoms with Gasteiger partial charge in [0.1, 0.15) is 10.7 Å². The predicted molar refractivity (Wildman–Crippen MR) is 123 cm³/mol. The summed E-state index contributed by atoms with van der Waals surface area (Å²) in [6, 6.07) is 8.27. The van der Waals surface area contributed by atoms with Crippen LogP contribution in [0.15, 0.2) is 34.0 Å². The number of rotatable bonds is 7. The molecule has 0 spiro atoms. The van der Waals surface area contributed by atoms with Gasteiger partial charge in [-0.05, 0) is 48.8 Å². The van der Waals surface area contributed by atoms with Crippen molar-refractivity contribution in [2.24, 2.45) is 0 Å². The van der Waals surface area contributed by atoms with Gasteiger partial charge < -0.3 is 9.88 Å². The highest BCUT2D eigenvalue weighted by Gasteiger charge is 2.21. The van der Waals surface area contributed by atoms with Crippen molar-refractivity contribution in [3.63, 3.8) is 0 Å². The number of carbonyl (C=O) groups is 1. The minimum absolute atomic E-state index is 0.0397. The molecule has 0 aliphatic heterocycles. The molecule has 1 N–H and O–H groups in total. The van der Waals surface area contributed by atoms with Crippen LogP contribution in [0, 0.1) is 0 Å². The van der Waals surface area contributed by atoms with Gasteiger partial charge >= 0.3 is 0 Å². The number of fused-ring (bicyclic) bond motifs is 3. The number of amides is 1. The van der Waals surface area contributed by atoms with Crippen molar-refractivity contribution in [3.05, 3.63) is 56.4 Å². The maximum Gasteiger partial charge on any atom is 0.259 e. The number of nitrogens with zero attached hydrogens (tertiary/aromatic N) is 2. The highest BCUT2D eigenvalue weighted by molar-refractivity contribution is 7.99. The van der Waals surface area contributed by atoms with Crippen LogP contribution < -0.4 is 5.56 Å². The van der Waals surface area contributed by atoms with Crippen LogP contribution >= 0.6 is 34.9 Å². The van der Waals surface area contributed by atoms with Gasteiger partial charge in [0, 0.05) is 23.4 Å². The van der Waals surface area contributed by atoms with Crippen LogP contribution in [-0.2, 0) is 29.9 Å². The van der Waals surface area contributed by atoms with Gasteiger partial charge in [0.2, 0.25) is 5.91 Å². The topological polar surface area (TPSA) is 66.1 Å². The smallest absolute Gasteiger partial charge is 0.259 e. The van der Waals surface area contributed by atoms with E-state index in [2.05, 4.69) is 34.2 Å². The van der Waals surface area contributed by atoms with E-state index >= 15 is 0 Å². The third-order valence-corrected chi connectivity index (χ3v) is 7.95. The number of carbonyl (C=O) groups excluding carboxylic acids is 1. The summed E-state index contributed by atoms with van der Waals surface area (Å²) in [5, 5.41) is 0.777. The average molecular weight is 446 g/mol. The molecule has 152 valence electrons. The zero-order valence-electron chi connectivity index (χ0n) is 16.5. The first-order valence-electron chi connectivity index (χ1n) is 9.53. The zero-order chi connectivity index (χ0) is 20.4. The molecular formula is C21H23N3O2S3. The highest BCUT2D eigenvalue weighted by Crippen LogP contribution is 2.34. The van der Waals surface area contributed by atoms with E-state index in [1.807, 2.05) is 13.3 Å². The summed E-state index contributed by atoms with van der Waals surface area (Å²) >= 11 is 4.84. The van der Waals surface area contributed by atoms with Crippen LogP contribution in [0.25, 0.3) is 10.2 Å². The number of hydrogen-bond donors (Lipinski definition) is 1. The van der Waals surface area contributed by atoms with Crippen molar-refractivity contribution in [2.45, 2.75) is 36.5 Å². The maximum absolute atomic E-state index is 12.5. The molecule has 2 heterocycles. The van der Waals surface area contributed by atoms with Gasteiger partial charge in [-0.2, -0.15) is 0 Å². The van der Waals surface area contributed by atoms with Gasteiger partial charge in [-0.25, -0.2) is 4.98 Å². The van der Waals surface area contributed by atoms with Crippen molar-refractivity contribution in [1.29, 1.82) is 0 Å². The van der Waals surface area contributed by atoms with E-state index in [9.17, 15) is 9.59 Å². The maximum atomic E-state index is 12.5. The number of thioether (sulfide) groups is 2. The Balaban J connectivity index is 1.33. The lowest BCUT2D eigenvalue weighted by atomic mass is 10.2. The number of aromatic amines is 1. The summed E-state index contributed by atoms with van der Waals surface area (Å²) in [4.78, 5) is 37.6. The van der Waals surface area contributed by atoms with E-state index in [-0.39, 0.29) is 11.5 Å². The second kappa shape index (κ2) is 8.93. The van der Waals surface area contributed by atoms with Crippen LogP contribution in [-0.4, -0.2) is 39.8 Å². The quantitative estimate of drug-likeness (QED) is 0.555. The first-order valence-corrected chi connectivity index (χ1v) is 12.7. The molecular weight excluding hydrogens is 422 g/mol. The molecule has 2 aromatic heterocycles. The summed E-state index contributed by atoms with van der Waals surface area (Å²) in [5.41, 5.74) is 2.27. The number of aromatic nitrogens is 2. The molecule has 5 nitrogen and oxygen atoms in total. The molecule has 4 rings (SSSR count). The van der Waals surface area contributed by atoms with Gasteiger partial charge in [-0.15, -0.1) is 34.9 Å². The normalized spacial score (nSPS) is 13.0. The fraction of sp³-hybridized carbons (Fsp3) is 0.381. The third kappa shape index (κ3) is 4.54. The molecule has 1 aromatic carbocycles. The van der Waals surface area contributed by atoms with Crippen LogP contribution in [0.1, 0.15) is 28.2 Å². The lowest BCUT2D eigenvalue weighted by Gasteiger charge is -2.17. The Morgan fingerprint density at radius 3 is 2.83 bits per heavy atom. The molecule has 0 bridgehead atoms. The van der Waals surface area contributed by atoms with E-state index in [0.29, 0.717) is 23.9 Å². The monoisotopic (exact) mass is 445 g/mol. The van der Waals surface area contributed by atoms with Crippen molar-refractivity contribution in [3.8, 4) is 0 Å². The second-order valence-electron chi connectivity index (χ2n) is 7.14. The predicted octanol–water partition coefficient (Wildman–Crippen LogP) is 4.09. The molecule has 3 aromatic rings. The summed E-state index contributed by atoms with van der Waals surface area (Å²) in [5.74, 6) is 1.61. The summed E-state index contributed by atoms with van der Waals surface area (Å²) in [6.45, 7) is 0.593. The largest absolute Gasteiger partial charge is 0.341 e. The minimum atomic E-state index is -0.0397. The number of hydrogen-bond acceptors (Lipinski definition) is 6.